The molecule has 0 bridgehead atoms. The Bertz CT molecular complexity index is 970. The molecule has 0 aromatic heterocycles. The molecular formula is C20H23F2N3O3S. The molecule has 1 fully saturated rings. The molecule has 2 aromatic rings. The normalized spacial score (nSPS) is 17.9. The third kappa shape index (κ3) is 5.30. The lowest BCUT2D eigenvalue weighted by molar-refractivity contribution is -0.122. The molecule has 9 heteroatoms. The van der Waals surface area contributed by atoms with Gasteiger partial charge < -0.3 is 10.2 Å². The van der Waals surface area contributed by atoms with E-state index in [0.717, 1.165) is 18.6 Å². The van der Waals surface area contributed by atoms with Crippen LogP contribution in [-0.2, 0) is 14.8 Å². The Morgan fingerprint density at radius 2 is 1.90 bits per heavy atom. The molecule has 6 nitrogen and oxygen atoms in total. The number of nitrogens with zero attached hydrogens (tertiary/aromatic N) is 1. The van der Waals surface area contributed by atoms with Crippen LogP contribution in [0.15, 0.2) is 53.4 Å². The van der Waals surface area contributed by atoms with Crippen LogP contribution in [0.1, 0.15) is 13.3 Å². The minimum Gasteiger partial charge on any atom is -0.371 e. The maximum atomic E-state index is 13.4. The van der Waals surface area contributed by atoms with E-state index >= 15 is 0 Å². The van der Waals surface area contributed by atoms with E-state index in [0.29, 0.717) is 25.3 Å². The fourth-order valence-electron chi connectivity index (χ4n) is 3.27. The molecule has 1 saturated heterocycles. The third-order valence-corrected chi connectivity index (χ3v) is 6.45. The van der Waals surface area contributed by atoms with Gasteiger partial charge in [0.05, 0.1) is 10.9 Å². The first kappa shape index (κ1) is 21.2. The minimum absolute atomic E-state index is 0.0950. The number of hydrogen-bond donors (Lipinski definition) is 2. The van der Waals surface area contributed by atoms with Gasteiger partial charge in [-0.25, -0.2) is 17.2 Å². The first-order valence-electron chi connectivity index (χ1n) is 9.31. The highest BCUT2D eigenvalue weighted by Crippen LogP contribution is 2.25. The van der Waals surface area contributed by atoms with Crippen LogP contribution in [0.25, 0.3) is 0 Å². The van der Waals surface area contributed by atoms with Crippen LogP contribution in [0.4, 0.5) is 14.5 Å². The van der Waals surface area contributed by atoms with E-state index in [9.17, 15) is 22.0 Å². The maximum absolute atomic E-state index is 13.4. The predicted octanol–water partition coefficient (Wildman–Crippen LogP) is 2.27. The number of rotatable bonds is 7. The summed E-state index contributed by atoms with van der Waals surface area (Å²) < 4.78 is 53.5. The van der Waals surface area contributed by atoms with Gasteiger partial charge in [0.1, 0.15) is 0 Å². The molecule has 2 atom stereocenters. The van der Waals surface area contributed by atoms with Gasteiger partial charge in [-0.05, 0) is 43.5 Å². The number of nitrogens with one attached hydrogen (secondary N) is 2. The zero-order chi connectivity index (χ0) is 21.0. The van der Waals surface area contributed by atoms with E-state index in [4.69, 9.17) is 0 Å². The number of carbonyl (C=O) groups is 1. The molecule has 1 aliphatic rings. The molecule has 0 spiro atoms. The second-order valence-corrected chi connectivity index (χ2v) is 8.81. The monoisotopic (exact) mass is 423 g/mol. The van der Waals surface area contributed by atoms with Crippen molar-refractivity contribution in [1.29, 1.82) is 0 Å². The van der Waals surface area contributed by atoms with Crippen LogP contribution >= 0.6 is 0 Å². The summed E-state index contributed by atoms with van der Waals surface area (Å²) in [7, 11) is -3.78. The molecule has 0 aliphatic carbocycles. The first-order valence-corrected chi connectivity index (χ1v) is 10.8. The molecule has 0 radical (unpaired) electrons. The summed E-state index contributed by atoms with van der Waals surface area (Å²) in [6.07, 6.45) is 0.781. The first-order chi connectivity index (χ1) is 13.8. The number of carbonyl (C=O) groups excluding carboxylic acids is 1. The highest BCUT2D eigenvalue weighted by Gasteiger charge is 2.26. The van der Waals surface area contributed by atoms with E-state index in [1.165, 1.54) is 25.1 Å². The van der Waals surface area contributed by atoms with E-state index in [2.05, 4.69) is 10.0 Å². The summed E-state index contributed by atoms with van der Waals surface area (Å²) in [5.74, 6) is -2.07. The summed E-state index contributed by atoms with van der Waals surface area (Å²) in [4.78, 5) is 14.3. The summed E-state index contributed by atoms with van der Waals surface area (Å²) in [6, 6.07) is 10.7. The second kappa shape index (κ2) is 8.87. The number of anilines is 1. The van der Waals surface area contributed by atoms with Crippen molar-refractivity contribution in [3.05, 3.63) is 60.2 Å². The highest BCUT2D eigenvalue weighted by molar-refractivity contribution is 7.89. The van der Waals surface area contributed by atoms with E-state index in [-0.39, 0.29) is 10.8 Å². The Kier molecular flexibility index (Phi) is 6.49. The Labute approximate surface area is 169 Å². The predicted molar refractivity (Wildman–Crippen MR) is 106 cm³/mol. The number of sulfonamides is 1. The van der Waals surface area contributed by atoms with Gasteiger partial charge in [0.25, 0.3) is 0 Å². The summed E-state index contributed by atoms with van der Waals surface area (Å²) in [5, 5.41) is 2.76. The number of hydrogen-bond acceptors (Lipinski definition) is 4. The molecule has 0 saturated carbocycles. The molecule has 2 N–H and O–H groups in total. The number of halogens is 2. The maximum Gasteiger partial charge on any atom is 0.241 e. The summed E-state index contributed by atoms with van der Waals surface area (Å²) in [5.41, 5.74) is 0.599. The largest absolute Gasteiger partial charge is 0.371 e. The quantitative estimate of drug-likeness (QED) is 0.716. The Balaban J connectivity index is 1.50. The van der Waals surface area contributed by atoms with Gasteiger partial charge in [0, 0.05) is 31.4 Å². The molecule has 2 aromatic carbocycles. The van der Waals surface area contributed by atoms with Crippen molar-refractivity contribution in [2.45, 2.75) is 24.3 Å². The fourth-order valence-corrected chi connectivity index (χ4v) is 4.49. The van der Waals surface area contributed by atoms with Crippen molar-refractivity contribution in [2.75, 3.05) is 24.5 Å². The van der Waals surface area contributed by atoms with Crippen LogP contribution in [-0.4, -0.2) is 40.0 Å². The molecule has 1 amide bonds. The molecule has 1 heterocycles. The lowest BCUT2D eigenvalue weighted by atomic mass is 10.1. The smallest absolute Gasteiger partial charge is 0.241 e. The topological polar surface area (TPSA) is 78.5 Å². The molecular weight excluding hydrogens is 400 g/mol. The number of amides is 1. The van der Waals surface area contributed by atoms with Crippen LogP contribution in [0.2, 0.25) is 0 Å². The minimum atomic E-state index is -3.78. The third-order valence-electron chi connectivity index (χ3n) is 4.90. The van der Waals surface area contributed by atoms with Crippen molar-refractivity contribution in [2.24, 2.45) is 5.92 Å². The van der Waals surface area contributed by atoms with E-state index in [1.54, 1.807) is 18.2 Å². The van der Waals surface area contributed by atoms with Gasteiger partial charge in [-0.2, -0.15) is 4.72 Å². The standard InChI is InChI=1S/C20H23F2N3O3S/c1-14(24-29(27,28)17-5-3-2-4-6-17)20(26)23-12-15-9-10-25(13-15)16-7-8-18(21)19(22)11-16/h2-8,11,14-15,24H,9-10,12-13H2,1H3,(H,23,26)/t14-,15?/m0/s1. The van der Waals surface area contributed by atoms with Crippen molar-refractivity contribution in [3.63, 3.8) is 0 Å². The SMILES string of the molecule is C[C@H](NS(=O)(=O)c1ccccc1)C(=O)NCC1CCN(c2ccc(F)c(F)c2)C1. The lowest BCUT2D eigenvalue weighted by Gasteiger charge is -2.20. The second-order valence-electron chi connectivity index (χ2n) is 7.10. The van der Waals surface area contributed by atoms with Gasteiger partial charge >= 0.3 is 0 Å². The summed E-state index contributed by atoms with van der Waals surface area (Å²) in [6.45, 7) is 3.12. The van der Waals surface area contributed by atoms with Crippen LogP contribution < -0.4 is 14.9 Å². The zero-order valence-corrected chi connectivity index (χ0v) is 16.8. The van der Waals surface area contributed by atoms with Gasteiger partial charge in [-0.15, -0.1) is 0 Å². The van der Waals surface area contributed by atoms with Crippen molar-refractivity contribution in [1.82, 2.24) is 10.0 Å². The summed E-state index contributed by atoms with van der Waals surface area (Å²) >= 11 is 0. The van der Waals surface area contributed by atoms with Gasteiger partial charge in [0.2, 0.25) is 15.9 Å². The zero-order valence-electron chi connectivity index (χ0n) is 15.9. The average molecular weight is 423 g/mol. The Morgan fingerprint density at radius 1 is 1.17 bits per heavy atom. The van der Waals surface area contributed by atoms with E-state index in [1.807, 2.05) is 4.90 Å². The molecule has 1 unspecified atom stereocenters. The van der Waals surface area contributed by atoms with Gasteiger partial charge in [-0.1, -0.05) is 18.2 Å². The van der Waals surface area contributed by atoms with Crippen molar-refractivity contribution in [3.8, 4) is 0 Å². The highest BCUT2D eigenvalue weighted by atomic mass is 32.2. The van der Waals surface area contributed by atoms with Gasteiger partial charge in [0.15, 0.2) is 11.6 Å². The fraction of sp³-hybridized carbons (Fsp3) is 0.350. The Morgan fingerprint density at radius 3 is 2.59 bits per heavy atom. The van der Waals surface area contributed by atoms with Crippen LogP contribution in [0.5, 0.6) is 0 Å². The van der Waals surface area contributed by atoms with Crippen molar-refractivity contribution < 1.29 is 22.0 Å². The van der Waals surface area contributed by atoms with Gasteiger partial charge in [-0.3, -0.25) is 4.79 Å². The van der Waals surface area contributed by atoms with Crippen LogP contribution in [0, 0.1) is 17.6 Å². The average Bonchev–Trinajstić information content (AvgIpc) is 3.17. The molecule has 1 aliphatic heterocycles. The lowest BCUT2D eigenvalue weighted by Crippen LogP contribution is -2.46. The van der Waals surface area contributed by atoms with Crippen LogP contribution in [0.3, 0.4) is 0 Å². The molecule has 156 valence electrons. The Hall–Kier alpha value is -2.52. The number of benzene rings is 2. The molecule has 29 heavy (non-hydrogen) atoms. The van der Waals surface area contributed by atoms with E-state index < -0.39 is 33.6 Å². The van der Waals surface area contributed by atoms with Crippen molar-refractivity contribution >= 4 is 21.6 Å². The molecule has 3 rings (SSSR count).